The number of nitriles is 1. The lowest BCUT2D eigenvalue weighted by atomic mass is 9.80. The summed E-state index contributed by atoms with van der Waals surface area (Å²) >= 11 is 0. The smallest absolute Gasteiger partial charge is 0.271 e. The van der Waals surface area contributed by atoms with Crippen molar-refractivity contribution in [2.75, 3.05) is 6.61 Å². The van der Waals surface area contributed by atoms with Crippen LogP contribution >= 0.6 is 0 Å². The Hall–Kier alpha value is -1.29. The van der Waals surface area contributed by atoms with Crippen LogP contribution in [0.5, 0.6) is 0 Å². The molecule has 0 aromatic heterocycles. The summed E-state index contributed by atoms with van der Waals surface area (Å²) in [5.41, 5.74) is 0.409. The van der Waals surface area contributed by atoms with E-state index >= 15 is 0 Å². The third-order valence-electron chi connectivity index (χ3n) is 2.40. The molecule has 0 saturated heterocycles. The lowest BCUT2D eigenvalue weighted by molar-refractivity contribution is -0.194. The Bertz CT molecular complexity index is 304. The summed E-state index contributed by atoms with van der Waals surface area (Å²) in [4.78, 5) is 15.8. The maximum atomic E-state index is 11.8. The molecule has 0 unspecified atom stereocenters. The molecule has 0 radical (unpaired) electrons. The van der Waals surface area contributed by atoms with E-state index in [9.17, 15) is 18.0 Å². The molecule has 0 aliphatic heterocycles. The summed E-state index contributed by atoms with van der Waals surface area (Å²) in [6.07, 6.45) is -2.77. The fraction of sp³-hybridized carbons (Fsp3) is 0.818. The van der Waals surface area contributed by atoms with Gasteiger partial charge in [-0.2, -0.15) is 18.4 Å². The van der Waals surface area contributed by atoms with Crippen LogP contribution in [-0.2, 0) is 9.63 Å². The summed E-state index contributed by atoms with van der Waals surface area (Å²) in [5.74, 6) is -0.807. The molecular formula is C11H17F3N2O2. The Labute approximate surface area is 104 Å². The summed E-state index contributed by atoms with van der Waals surface area (Å²) < 4.78 is 35.5. The molecule has 0 aromatic carbocycles. The first kappa shape index (κ1) is 16.7. The Balaban J connectivity index is 4.53. The standard InChI is InChI=1S/C11H17F3N2O2/c1-3-5-10(7-15,6-4-2)9(17)16-18-8-11(12,13)14/h3-6,8H2,1-2H3,(H,16,17). The Morgan fingerprint density at radius 1 is 1.28 bits per heavy atom. The highest BCUT2D eigenvalue weighted by molar-refractivity contribution is 5.84. The number of carbonyl (C=O) groups excluding carboxylic acids is 1. The van der Waals surface area contributed by atoms with Crippen molar-refractivity contribution in [1.29, 1.82) is 5.26 Å². The predicted octanol–water partition coefficient (Wildman–Crippen LogP) is 2.71. The molecule has 0 spiro atoms. The van der Waals surface area contributed by atoms with Gasteiger partial charge in [0.15, 0.2) is 6.61 Å². The molecule has 0 rings (SSSR count). The van der Waals surface area contributed by atoms with Crippen LogP contribution in [0, 0.1) is 16.7 Å². The lowest BCUT2D eigenvalue weighted by Gasteiger charge is -2.24. The van der Waals surface area contributed by atoms with Crippen molar-refractivity contribution in [1.82, 2.24) is 5.48 Å². The topological polar surface area (TPSA) is 62.1 Å². The van der Waals surface area contributed by atoms with Crippen molar-refractivity contribution in [3.8, 4) is 6.07 Å². The first-order valence-electron chi connectivity index (χ1n) is 5.71. The van der Waals surface area contributed by atoms with E-state index in [2.05, 4.69) is 4.84 Å². The molecule has 0 atom stereocenters. The number of alkyl halides is 3. The Morgan fingerprint density at radius 2 is 1.78 bits per heavy atom. The van der Waals surface area contributed by atoms with E-state index in [1.807, 2.05) is 6.07 Å². The van der Waals surface area contributed by atoms with E-state index < -0.39 is 24.1 Å². The number of halogens is 3. The van der Waals surface area contributed by atoms with E-state index in [0.717, 1.165) is 0 Å². The monoisotopic (exact) mass is 266 g/mol. The van der Waals surface area contributed by atoms with E-state index in [1.54, 1.807) is 19.3 Å². The van der Waals surface area contributed by atoms with Gasteiger partial charge in [-0.15, -0.1) is 0 Å². The largest absolute Gasteiger partial charge is 0.414 e. The number of carbonyl (C=O) groups is 1. The molecule has 0 fully saturated rings. The predicted molar refractivity (Wildman–Crippen MR) is 58.0 cm³/mol. The van der Waals surface area contributed by atoms with Crippen molar-refractivity contribution in [3.63, 3.8) is 0 Å². The number of hydrogen-bond donors (Lipinski definition) is 1. The molecule has 0 aliphatic carbocycles. The van der Waals surface area contributed by atoms with Crippen LogP contribution in [0.4, 0.5) is 13.2 Å². The van der Waals surface area contributed by atoms with Crippen LogP contribution in [0.2, 0.25) is 0 Å². The second-order valence-corrected chi connectivity index (χ2v) is 4.03. The SMILES string of the molecule is CCCC(C#N)(CCC)C(=O)NOCC(F)(F)F. The summed E-state index contributed by atoms with van der Waals surface area (Å²) in [5, 5.41) is 9.08. The molecular weight excluding hydrogens is 249 g/mol. The fourth-order valence-electron chi connectivity index (χ4n) is 1.65. The van der Waals surface area contributed by atoms with Crippen LogP contribution < -0.4 is 5.48 Å². The van der Waals surface area contributed by atoms with Gasteiger partial charge < -0.3 is 0 Å². The normalized spacial score (nSPS) is 12.0. The van der Waals surface area contributed by atoms with Gasteiger partial charge in [0, 0.05) is 0 Å². The van der Waals surface area contributed by atoms with Gasteiger partial charge in [0.25, 0.3) is 5.91 Å². The van der Waals surface area contributed by atoms with Crippen molar-refractivity contribution in [3.05, 3.63) is 0 Å². The molecule has 0 bridgehead atoms. The van der Waals surface area contributed by atoms with Gasteiger partial charge in [-0.05, 0) is 12.8 Å². The molecule has 0 heterocycles. The average molecular weight is 266 g/mol. The molecule has 1 N–H and O–H groups in total. The number of hydroxylamine groups is 1. The van der Waals surface area contributed by atoms with Gasteiger partial charge in [-0.25, -0.2) is 5.48 Å². The fourth-order valence-corrected chi connectivity index (χ4v) is 1.65. The third-order valence-corrected chi connectivity index (χ3v) is 2.40. The summed E-state index contributed by atoms with van der Waals surface area (Å²) in [6.45, 7) is 2.02. The van der Waals surface area contributed by atoms with E-state index in [4.69, 9.17) is 5.26 Å². The highest BCUT2D eigenvalue weighted by Gasteiger charge is 2.38. The quantitative estimate of drug-likeness (QED) is 0.721. The first-order chi connectivity index (χ1) is 8.31. The maximum Gasteiger partial charge on any atom is 0.414 e. The van der Waals surface area contributed by atoms with Crippen molar-refractivity contribution < 1.29 is 22.8 Å². The van der Waals surface area contributed by atoms with Gasteiger partial charge in [0.2, 0.25) is 0 Å². The summed E-state index contributed by atoms with van der Waals surface area (Å²) in [6, 6.07) is 1.89. The molecule has 7 heteroatoms. The maximum absolute atomic E-state index is 11.8. The van der Waals surface area contributed by atoms with Crippen molar-refractivity contribution in [2.45, 2.75) is 45.7 Å². The highest BCUT2D eigenvalue weighted by atomic mass is 19.4. The minimum atomic E-state index is -4.52. The van der Waals surface area contributed by atoms with Gasteiger partial charge in [-0.1, -0.05) is 26.7 Å². The van der Waals surface area contributed by atoms with Crippen LogP contribution in [0.25, 0.3) is 0 Å². The molecule has 0 aliphatic rings. The number of nitrogens with zero attached hydrogens (tertiary/aromatic N) is 1. The first-order valence-corrected chi connectivity index (χ1v) is 5.71. The molecule has 104 valence electrons. The zero-order valence-electron chi connectivity index (χ0n) is 10.4. The Morgan fingerprint density at radius 3 is 2.11 bits per heavy atom. The van der Waals surface area contributed by atoms with Crippen molar-refractivity contribution in [2.24, 2.45) is 5.41 Å². The second-order valence-electron chi connectivity index (χ2n) is 4.03. The lowest BCUT2D eigenvalue weighted by Crippen LogP contribution is -2.41. The third kappa shape index (κ3) is 5.36. The molecule has 0 aromatic rings. The number of nitrogens with one attached hydrogen (secondary N) is 1. The highest BCUT2D eigenvalue weighted by Crippen LogP contribution is 2.29. The molecule has 4 nitrogen and oxygen atoms in total. The van der Waals surface area contributed by atoms with E-state index in [1.165, 1.54) is 0 Å². The van der Waals surface area contributed by atoms with E-state index in [-0.39, 0.29) is 0 Å². The van der Waals surface area contributed by atoms with E-state index in [0.29, 0.717) is 25.7 Å². The van der Waals surface area contributed by atoms with Crippen LogP contribution in [0.3, 0.4) is 0 Å². The number of hydrogen-bond acceptors (Lipinski definition) is 3. The van der Waals surface area contributed by atoms with Crippen LogP contribution in [-0.4, -0.2) is 18.7 Å². The van der Waals surface area contributed by atoms with Gasteiger partial charge in [0.1, 0.15) is 5.41 Å². The van der Waals surface area contributed by atoms with Crippen molar-refractivity contribution >= 4 is 5.91 Å². The molecule has 18 heavy (non-hydrogen) atoms. The molecule has 1 amide bonds. The zero-order valence-corrected chi connectivity index (χ0v) is 10.4. The minimum absolute atomic E-state index is 0.290. The average Bonchev–Trinajstić information content (AvgIpc) is 2.26. The molecule has 0 saturated carbocycles. The van der Waals surface area contributed by atoms with Crippen LogP contribution in [0.1, 0.15) is 39.5 Å². The van der Waals surface area contributed by atoms with Gasteiger partial charge >= 0.3 is 6.18 Å². The number of amides is 1. The van der Waals surface area contributed by atoms with Gasteiger partial charge in [0.05, 0.1) is 6.07 Å². The van der Waals surface area contributed by atoms with Gasteiger partial charge in [-0.3, -0.25) is 9.63 Å². The second kappa shape index (κ2) is 7.21. The number of rotatable bonds is 7. The summed E-state index contributed by atoms with van der Waals surface area (Å²) in [7, 11) is 0. The Kier molecular flexibility index (Phi) is 6.70. The zero-order chi connectivity index (χ0) is 14.2. The minimum Gasteiger partial charge on any atom is -0.271 e. The van der Waals surface area contributed by atoms with Crippen LogP contribution in [0.15, 0.2) is 0 Å².